The molecule has 0 aromatic rings. The van der Waals surface area contributed by atoms with Gasteiger partial charge in [0.1, 0.15) is 0 Å². The molecule has 0 fully saturated rings. The first-order chi connectivity index (χ1) is 0. The Labute approximate surface area is 55.6 Å². The van der Waals surface area contributed by atoms with Crippen molar-refractivity contribution in [2.75, 3.05) is 0 Å². The maximum Gasteiger partial charge on any atom is 0 e. The Bertz CT molecular complexity index is 4.00. The summed E-state index contributed by atoms with van der Waals surface area (Å²) in [5.74, 6) is 0. The van der Waals surface area contributed by atoms with Crippen LogP contribution >= 0.6 is 0 Å². The average Bonchev–Trinajstić information content (AvgIpc) is 0. The third kappa shape index (κ3) is 9.99. The Kier molecular flexibility index (Phi) is 346. The maximum atomic E-state index is 0. The fourth-order valence-electron chi connectivity index (χ4n) is 0. The molecule has 0 atom stereocenters. The number of rotatable bonds is 0. The van der Waals surface area contributed by atoms with Crippen LogP contribution in [0.3, 0.4) is 0 Å². The molecular formula is Ag2O2-4. The Morgan fingerprint density at radius 2 is 0.500 bits per heavy atom. The summed E-state index contributed by atoms with van der Waals surface area (Å²) in [5.41, 5.74) is 0. The van der Waals surface area contributed by atoms with Gasteiger partial charge in [-0.15, -0.1) is 0 Å². The van der Waals surface area contributed by atoms with Crippen molar-refractivity contribution in [3.63, 3.8) is 0 Å². The van der Waals surface area contributed by atoms with Crippen LogP contribution in [0.5, 0.6) is 0 Å². The first-order valence-electron chi connectivity index (χ1n) is 0. The molecule has 4 heteroatoms. The fourth-order valence-corrected chi connectivity index (χ4v) is 0. The molecule has 0 aromatic heterocycles. The second-order valence-electron chi connectivity index (χ2n) is 0. The van der Waals surface area contributed by atoms with Gasteiger partial charge in [0.2, 0.25) is 0 Å². The quantitative estimate of drug-likeness (QED) is 0.531. The van der Waals surface area contributed by atoms with E-state index < -0.39 is 0 Å². The van der Waals surface area contributed by atoms with Crippen molar-refractivity contribution in [1.29, 1.82) is 0 Å². The Morgan fingerprint density at radius 3 is 0.500 bits per heavy atom. The molecule has 0 unspecified atom stereocenters. The van der Waals surface area contributed by atoms with Gasteiger partial charge in [0, 0.05) is 44.8 Å². The van der Waals surface area contributed by atoms with E-state index in [-0.39, 0.29) is 55.7 Å². The molecular weight excluding hydrogens is 248 g/mol. The maximum absolute atomic E-state index is 0. The third-order valence-electron chi connectivity index (χ3n) is 0. The smallest absolute Gasteiger partial charge is 0 e. The fraction of sp³-hybridized carbons (Fsp3) is 0. The van der Waals surface area contributed by atoms with Crippen molar-refractivity contribution in [1.82, 2.24) is 0 Å². The molecule has 0 rings (SSSR count). The standard InChI is InChI=1S/2Ag.2O/q;;2*-2. The normalized spacial score (nSPS) is 0. The molecule has 4 heavy (non-hydrogen) atoms. The SMILES string of the molecule is [Ag].[Ag].[O-2].[O-2]. The largest absolute Gasteiger partial charge is 2.00 e. The zero-order valence-electron chi connectivity index (χ0n) is 1.42. The average molecular weight is 248 g/mol. The van der Waals surface area contributed by atoms with Gasteiger partial charge in [-0.05, 0) is 0 Å². The molecule has 0 aromatic carbocycles. The second-order valence-corrected chi connectivity index (χ2v) is 0. The number of hydrogen-bond acceptors (Lipinski definition) is 0. The van der Waals surface area contributed by atoms with E-state index in [2.05, 4.69) is 0 Å². The van der Waals surface area contributed by atoms with Crippen molar-refractivity contribution < 1.29 is 55.7 Å². The summed E-state index contributed by atoms with van der Waals surface area (Å²) in [6, 6.07) is 0. The summed E-state index contributed by atoms with van der Waals surface area (Å²) in [6.07, 6.45) is 0. The van der Waals surface area contributed by atoms with Gasteiger partial charge in [-0.25, -0.2) is 0 Å². The molecule has 0 aliphatic carbocycles. The van der Waals surface area contributed by atoms with Crippen LogP contribution < -0.4 is 0 Å². The monoisotopic (exact) mass is 246 g/mol. The van der Waals surface area contributed by atoms with Gasteiger partial charge in [-0.2, -0.15) is 0 Å². The van der Waals surface area contributed by atoms with E-state index in [0.29, 0.717) is 0 Å². The summed E-state index contributed by atoms with van der Waals surface area (Å²) >= 11 is 0. The summed E-state index contributed by atoms with van der Waals surface area (Å²) in [6.45, 7) is 0. The second kappa shape index (κ2) is 25.9. The molecule has 2 radical (unpaired) electrons. The molecule has 0 aliphatic heterocycles. The van der Waals surface area contributed by atoms with Crippen LogP contribution in [0.25, 0.3) is 0 Å². The molecule has 38 valence electrons. The van der Waals surface area contributed by atoms with Crippen molar-refractivity contribution in [3.05, 3.63) is 0 Å². The van der Waals surface area contributed by atoms with Crippen LogP contribution in [-0.4, -0.2) is 0 Å². The molecule has 0 spiro atoms. The van der Waals surface area contributed by atoms with E-state index >= 15 is 0 Å². The predicted octanol–water partition coefficient (Wildman–Crippen LogP) is -0.243. The molecule has 0 aliphatic rings. The molecule has 0 saturated heterocycles. The van der Waals surface area contributed by atoms with Crippen LogP contribution in [-0.2, 0) is 55.7 Å². The van der Waals surface area contributed by atoms with E-state index in [1.807, 2.05) is 0 Å². The molecule has 0 saturated carbocycles. The molecule has 0 N–H and O–H groups in total. The summed E-state index contributed by atoms with van der Waals surface area (Å²) in [5, 5.41) is 0. The predicted molar refractivity (Wildman–Crippen MR) is 1.37 cm³/mol. The molecule has 0 heterocycles. The van der Waals surface area contributed by atoms with Crippen molar-refractivity contribution >= 4 is 0 Å². The first kappa shape index (κ1) is 53.3. The summed E-state index contributed by atoms with van der Waals surface area (Å²) in [4.78, 5) is 0. The van der Waals surface area contributed by atoms with Gasteiger partial charge in [0.25, 0.3) is 0 Å². The topological polar surface area (TPSA) is 57.0 Å². The minimum Gasteiger partial charge on any atom is -2.00 e. The van der Waals surface area contributed by atoms with Crippen LogP contribution in [0.4, 0.5) is 0 Å². The molecule has 2 nitrogen and oxygen atoms in total. The minimum atomic E-state index is 0. The van der Waals surface area contributed by atoms with Crippen LogP contribution in [0.2, 0.25) is 0 Å². The van der Waals surface area contributed by atoms with Gasteiger partial charge in [-0.1, -0.05) is 0 Å². The molecule has 0 amide bonds. The Balaban J connectivity index is 0. The van der Waals surface area contributed by atoms with E-state index in [9.17, 15) is 0 Å². The van der Waals surface area contributed by atoms with Crippen molar-refractivity contribution in [3.8, 4) is 0 Å². The zero-order valence-corrected chi connectivity index (χ0v) is 4.38. The van der Waals surface area contributed by atoms with Gasteiger partial charge >= 0.3 is 0 Å². The van der Waals surface area contributed by atoms with Crippen molar-refractivity contribution in [2.45, 2.75) is 0 Å². The number of hydrogen-bond donors (Lipinski definition) is 0. The summed E-state index contributed by atoms with van der Waals surface area (Å²) < 4.78 is 0. The van der Waals surface area contributed by atoms with Crippen molar-refractivity contribution in [2.24, 2.45) is 0 Å². The summed E-state index contributed by atoms with van der Waals surface area (Å²) in [7, 11) is 0. The van der Waals surface area contributed by atoms with E-state index in [1.54, 1.807) is 0 Å². The van der Waals surface area contributed by atoms with Gasteiger partial charge in [-0.3, -0.25) is 0 Å². The van der Waals surface area contributed by atoms with E-state index in [0.717, 1.165) is 0 Å². The minimum absolute atomic E-state index is 0. The van der Waals surface area contributed by atoms with E-state index in [1.165, 1.54) is 0 Å². The van der Waals surface area contributed by atoms with Gasteiger partial charge < -0.3 is 11.0 Å². The first-order valence-corrected chi connectivity index (χ1v) is 0. The van der Waals surface area contributed by atoms with E-state index in [4.69, 9.17) is 0 Å². The van der Waals surface area contributed by atoms with Crippen LogP contribution in [0, 0.1) is 0 Å². The van der Waals surface area contributed by atoms with Gasteiger partial charge in [0.15, 0.2) is 0 Å². The zero-order chi connectivity index (χ0) is 0. The molecule has 0 bridgehead atoms. The van der Waals surface area contributed by atoms with Gasteiger partial charge in [0.05, 0.1) is 0 Å². The Hall–Kier alpha value is 1.40. The van der Waals surface area contributed by atoms with Crippen LogP contribution in [0.1, 0.15) is 0 Å². The van der Waals surface area contributed by atoms with Crippen LogP contribution in [0.15, 0.2) is 0 Å². The Morgan fingerprint density at radius 1 is 0.500 bits per heavy atom. The third-order valence-corrected chi connectivity index (χ3v) is 0.